The van der Waals surface area contributed by atoms with Crippen LogP contribution >= 0.6 is 12.4 Å². The normalized spacial score (nSPS) is 12.1. The van der Waals surface area contributed by atoms with Crippen LogP contribution in [0.1, 0.15) is 44.2 Å². The topological polar surface area (TPSA) is 26.0 Å². The molecule has 0 saturated carbocycles. The van der Waals surface area contributed by atoms with Gasteiger partial charge in [-0.2, -0.15) is 0 Å². The maximum Gasteiger partial charge on any atom is 0.0295 e. The molecule has 2 heteroatoms. The first-order chi connectivity index (χ1) is 8.31. The van der Waals surface area contributed by atoms with Crippen LogP contribution in [0.15, 0.2) is 42.5 Å². The molecule has 18 heavy (non-hydrogen) atoms. The molecule has 2 rings (SSSR count). The number of hydrogen-bond acceptors (Lipinski definition) is 1. The zero-order valence-electron chi connectivity index (χ0n) is 10.9. The molecule has 0 bridgehead atoms. The summed E-state index contributed by atoms with van der Waals surface area (Å²) in [4.78, 5) is 0. The molecule has 0 aliphatic rings. The highest BCUT2D eigenvalue weighted by Gasteiger charge is 2.05. The van der Waals surface area contributed by atoms with Gasteiger partial charge in [0.25, 0.3) is 0 Å². The van der Waals surface area contributed by atoms with Crippen LogP contribution in [0.3, 0.4) is 0 Å². The van der Waals surface area contributed by atoms with Crippen LogP contribution in [0.5, 0.6) is 0 Å². The quantitative estimate of drug-likeness (QED) is 0.768. The lowest BCUT2D eigenvalue weighted by Gasteiger charge is -2.12. The molecule has 2 aromatic carbocycles. The zero-order chi connectivity index (χ0) is 12.1. The Kier molecular flexibility index (Phi) is 6.17. The van der Waals surface area contributed by atoms with Crippen molar-refractivity contribution in [3.63, 3.8) is 0 Å². The van der Waals surface area contributed by atoms with Gasteiger partial charge in [-0.05, 0) is 28.8 Å². The van der Waals surface area contributed by atoms with E-state index in [9.17, 15) is 0 Å². The fraction of sp³-hybridized carbons (Fsp3) is 0.375. The molecule has 2 N–H and O–H groups in total. The van der Waals surface area contributed by atoms with Gasteiger partial charge in [0.1, 0.15) is 0 Å². The molecule has 0 aliphatic heterocycles. The highest BCUT2D eigenvalue weighted by molar-refractivity contribution is 5.85. The number of rotatable bonds is 5. The van der Waals surface area contributed by atoms with E-state index in [-0.39, 0.29) is 18.4 Å². The van der Waals surface area contributed by atoms with Crippen LogP contribution in [0.25, 0.3) is 10.8 Å². The van der Waals surface area contributed by atoms with Crippen molar-refractivity contribution >= 4 is 23.2 Å². The van der Waals surface area contributed by atoms with Crippen molar-refractivity contribution in [2.24, 2.45) is 5.73 Å². The van der Waals surface area contributed by atoms with Crippen LogP contribution < -0.4 is 5.73 Å². The average molecular weight is 264 g/mol. The Labute approximate surface area is 116 Å². The van der Waals surface area contributed by atoms with Crippen molar-refractivity contribution in [2.45, 2.75) is 38.6 Å². The number of halogens is 1. The molecule has 0 spiro atoms. The molecule has 0 aliphatic carbocycles. The Balaban J connectivity index is 0.00000162. The van der Waals surface area contributed by atoms with Gasteiger partial charge in [-0.25, -0.2) is 0 Å². The molecule has 0 saturated heterocycles. The van der Waals surface area contributed by atoms with Crippen molar-refractivity contribution in [1.29, 1.82) is 0 Å². The fourth-order valence-electron chi connectivity index (χ4n) is 2.22. The first kappa shape index (κ1) is 15.0. The molecule has 1 nitrogen and oxygen atoms in total. The average Bonchev–Trinajstić information content (AvgIpc) is 2.38. The van der Waals surface area contributed by atoms with E-state index < -0.39 is 0 Å². The van der Waals surface area contributed by atoms with E-state index in [2.05, 4.69) is 49.4 Å². The standard InChI is InChI=1S/C16H21N.ClH/c1-2-3-4-9-16(17)15-11-10-13-7-5-6-8-14(13)12-15;/h5-8,10-12,16H,2-4,9,17H2,1H3;1H/t16-;/m0./s1. The summed E-state index contributed by atoms with van der Waals surface area (Å²) in [5.74, 6) is 0. The van der Waals surface area contributed by atoms with Gasteiger partial charge in [-0.3, -0.25) is 0 Å². The number of fused-ring (bicyclic) bond motifs is 1. The van der Waals surface area contributed by atoms with Crippen molar-refractivity contribution in [3.8, 4) is 0 Å². The maximum absolute atomic E-state index is 6.23. The Hall–Kier alpha value is -1.05. The van der Waals surface area contributed by atoms with Gasteiger partial charge in [-0.1, -0.05) is 62.6 Å². The lowest BCUT2D eigenvalue weighted by molar-refractivity contribution is 0.581. The lowest BCUT2D eigenvalue weighted by atomic mass is 9.98. The van der Waals surface area contributed by atoms with Crippen molar-refractivity contribution in [2.75, 3.05) is 0 Å². The number of unbranched alkanes of at least 4 members (excludes halogenated alkanes) is 2. The molecule has 0 amide bonds. The van der Waals surface area contributed by atoms with E-state index in [1.165, 1.54) is 35.6 Å². The van der Waals surface area contributed by atoms with Crippen LogP contribution in [0.4, 0.5) is 0 Å². The minimum Gasteiger partial charge on any atom is -0.324 e. The highest BCUT2D eigenvalue weighted by Crippen LogP contribution is 2.22. The predicted octanol–water partition coefficient (Wildman–Crippen LogP) is 4.84. The minimum absolute atomic E-state index is 0. The molecule has 98 valence electrons. The van der Waals surface area contributed by atoms with Crippen molar-refractivity contribution in [3.05, 3.63) is 48.0 Å². The molecule has 0 aromatic heterocycles. The summed E-state index contributed by atoms with van der Waals surface area (Å²) in [5, 5.41) is 2.58. The SMILES string of the molecule is CCCCC[C@H](N)c1ccc2ccccc2c1.Cl. The molecule has 1 atom stereocenters. The molecule has 0 radical (unpaired) electrons. The van der Waals surface area contributed by atoms with Crippen LogP contribution in [0.2, 0.25) is 0 Å². The largest absolute Gasteiger partial charge is 0.324 e. The van der Waals surface area contributed by atoms with Crippen LogP contribution in [-0.2, 0) is 0 Å². The summed E-state index contributed by atoms with van der Waals surface area (Å²) in [7, 11) is 0. The zero-order valence-corrected chi connectivity index (χ0v) is 11.7. The van der Waals surface area contributed by atoms with E-state index >= 15 is 0 Å². The summed E-state index contributed by atoms with van der Waals surface area (Å²) in [6.45, 7) is 2.22. The second-order valence-corrected chi connectivity index (χ2v) is 4.71. The Morgan fingerprint density at radius 3 is 2.44 bits per heavy atom. The van der Waals surface area contributed by atoms with Gasteiger partial charge < -0.3 is 5.73 Å². The van der Waals surface area contributed by atoms with Crippen molar-refractivity contribution in [1.82, 2.24) is 0 Å². The Bertz CT molecular complexity index is 481. The van der Waals surface area contributed by atoms with Crippen LogP contribution in [-0.4, -0.2) is 0 Å². The maximum atomic E-state index is 6.23. The van der Waals surface area contributed by atoms with Crippen LogP contribution in [0, 0.1) is 0 Å². The summed E-state index contributed by atoms with van der Waals surface area (Å²) in [6, 6.07) is 15.2. The number of hydrogen-bond donors (Lipinski definition) is 1. The molecule has 0 heterocycles. The third-order valence-corrected chi connectivity index (χ3v) is 3.32. The molecular formula is C16H22ClN. The number of nitrogens with two attached hydrogens (primary N) is 1. The summed E-state index contributed by atoms with van der Waals surface area (Å²) < 4.78 is 0. The van der Waals surface area contributed by atoms with Crippen molar-refractivity contribution < 1.29 is 0 Å². The summed E-state index contributed by atoms with van der Waals surface area (Å²) in [6.07, 6.45) is 4.85. The first-order valence-corrected chi connectivity index (χ1v) is 6.55. The van der Waals surface area contributed by atoms with E-state index in [1.807, 2.05) is 0 Å². The van der Waals surface area contributed by atoms with Gasteiger partial charge in [0.2, 0.25) is 0 Å². The van der Waals surface area contributed by atoms with Gasteiger partial charge in [0, 0.05) is 6.04 Å². The summed E-state index contributed by atoms with van der Waals surface area (Å²) >= 11 is 0. The molecule has 2 aromatic rings. The van der Waals surface area contributed by atoms with E-state index in [4.69, 9.17) is 5.73 Å². The highest BCUT2D eigenvalue weighted by atomic mass is 35.5. The smallest absolute Gasteiger partial charge is 0.0295 e. The summed E-state index contributed by atoms with van der Waals surface area (Å²) in [5.41, 5.74) is 7.49. The van der Waals surface area contributed by atoms with E-state index in [0.717, 1.165) is 6.42 Å². The van der Waals surface area contributed by atoms with E-state index in [0.29, 0.717) is 0 Å². The fourth-order valence-corrected chi connectivity index (χ4v) is 2.22. The molecule has 0 fully saturated rings. The first-order valence-electron chi connectivity index (χ1n) is 6.55. The van der Waals surface area contributed by atoms with Gasteiger partial charge in [-0.15, -0.1) is 12.4 Å². The Morgan fingerprint density at radius 1 is 1.00 bits per heavy atom. The molecular weight excluding hydrogens is 242 g/mol. The lowest BCUT2D eigenvalue weighted by Crippen LogP contribution is -2.09. The van der Waals surface area contributed by atoms with Gasteiger partial charge >= 0.3 is 0 Å². The van der Waals surface area contributed by atoms with Gasteiger partial charge in [0.15, 0.2) is 0 Å². The van der Waals surface area contributed by atoms with Gasteiger partial charge in [0.05, 0.1) is 0 Å². The monoisotopic (exact) mass is 263 g/mol. The predicted molar refractivity (Wildman–Crippen MR) is 82.3 cm³/mol. The number of benzene rings is 2. The van der Waals surface area contributed by atoms with E-state index in [1.54, 1.807) is 0 Å². The molecule has 0 unspecified atom stereocenters. The Morgan fingerprint density at radius 2 is 1.72 bits per heavy atom. The second-order valence-electron chi connectivity index (χ2n) is 4.71. The third kappa shape index (κ3) is 3.72. The second kappa shape index (κ2) is 7.40. The minimum atomic E-state index is 0. The third-order valence-electron chi connectivity index (χ3n) is 3.32.